The van der Waals surface area contributed by atoms with E-state index in [1.807, 2.05) is 115 Å². The Balaban J connectivity index is 0.000000243. The summed E-state index contributed by atoms with van der Waals surface area (Å²) in [5.74, 6) is 2.33. The number of hydrogen-bond acceptors (Lipinski definition) is 12. The molecular formula is C48H64F2N8O4Si. The van der Waals surface area contributed by atoms with E-state index in [-0.39, 0.29) is 18.3 Å². The van der Waals surface area contributed by atoms with Gasteiger partial charge in [0.1, 0.15) is 38.8 Å². The minimum absolute atomic E-state index is 0.00818. The molecular weight excluding hydrogens is 819 g/mol. The number of nitrogens with zero attached hydrogens (tertiary/aromatic N) is 8. The minimum Gasteiger partial charge on any atom is -0.487 e. The molecule has 0 aliphatic carbocycles. The Morgan fingerprint density at radius 1 is 0.603 bits per heavy atom. The number of aliphatic hydroxyl groups is 1. The summed E-state index contributed by atoms with van der Waals surface area (Å²) >= 11 is 0. The van der Waals surface area contributed by atoms with E-state index in [9.17, 15) is 13.9 Å². The van der Waals surface area contributed by atoms with Crippen molar-refractivity contribution < 1.29 is 27.8 Å². The number of fused-ring (bicyclic) bond motifs is 2. The van der Waals surface area contributed by atoms with Gasteiger partial charge in [0, 0.05) is 102 Å². The van der Waals surface area contributed by atoms with Gasteiger partial charge in [-0.1, -0.05) is 32.9 Å². The fraction of sp³-hybridized carbons (Fsp3) is 0.417. The Bertz CT molecular complexity index is 2460. The molecule has 2 aromatic carbocycles. The van der Waals surface area contributed by atoms with E-state index >= 15 is 0 Å². The van der Waals surface area contributed by atoms with Crippen LogP contribution in [0.25, 0.3) is 44.3 Å². The van der Waals surface area contributed by atoms with E-state index in [2.05, 4.69) is 73.0 Å². The number of hydrogen-bond donors (Lipinski definition) is 1. The van der Waals surface area contributed by atoms with Crippen molar-refractivity contribution in [1.82, 2.24) is 19.9 Å². The van der Waals surface area contributed by atoms with Crippen molar-refractivity contribution in [2.24, 2.45) is 0 Å². The number of aliphatic hydroxyl groups excluding tert-OH is 1. The molecule has 0 spiro atoms. The fourth-order valence-electron chi connectivity index (χ4n) is 6.26. The molecule has 0 saturated carbocycles. The zero-order chi connectivity index (χ0) is 46.2. The van der Waals surface area contributed by atoms with E-state index in [1.54, 1.807) is 17.3 Å². The normalized spacial score (nSPS) is 12.6. The van der Waals surface area contributed by atoms with Crippen LogP contribution in [-0.2, 0) is 4.43 Å². The monoisotopic (exact) mass is 882 g/mol. The quantitative estimate of drug-likeness (QED) is 0.0936. The van der Waals surface area contributed by atoms with Gasteiger partial charge < -0.3 is 38.6 Å². The zero-order valence-corrected chi connectivity index (χ0v) is 40.1. The molecule has 0 amide bonds. The van der Waals surface area contributed by atoms with Crippen LogP contribution in [0.3, 0.4) is 0 Å². The van der Waals surface area contributed by atoms with E-state index in [0.29, 0.717) is 23.1 Å². The molecule has 2 atom stereocenters. The maximum Gasteiger partial charge on any atom is 0.192 e. The van der Waals surface area contributed by atoms with E-state index in [1.165, 1.54) is 0 Å². The maximum absolute atomic E-state index is 13.9. The molecule has 338 valence electrons. The van der Waals surface area contributed by atoms with Gasteiger partial charge in [-0.05, 0) is 78.8 Å². The number of alkyl halides is 2. The van der Waals surface area contributed by atoms with Crippen molar-refractivity contribution in [3.05, 3.63) is 85.2 Å². The molecule has 0 aliphatic heterocycles. The Kier molecular flexibility index (Phi) is 15.9. The smallest absolute Gasteiger partial charge is 0.192 e. The third kappa shape index (κ3) is 12.3. The molecule has 1 N–H and O–H groups in total. The second-order valence-electron chi connectivity index (χ2n) is 17.9. The average Bonchev–Trinajstić information content (AvgIpc) is 3.25. The SMILES string of the molecule is CN(C)c1ccc2nc(-c3cnc(N(C)C)c(OCC(CF)O[Si](C)(C)C(C)(C)C)c3)ccc2c1.CN(C)c1ccc2nc(-c3cnc(N(C)C)c(OCC(O)CF)c3)ccc2c1. The van der Waals surface area contributed by atoms with Gasteiger partial charge in [-0.15, -0.1) is 0 Å². The predicted octanol–water partition coefficient (Wildman–Crippen LogP) is 9.31. The van der Waals surface area contributed by atoms with Crippen LogP contribution in [0.15, 0.2) is 85.2 Å². The molecule has 4 heterocycles. The topological polar surface area (TPSA) is 112 Å². The van der Waals surface area contributed by atoms with Crippen LogP contribution in [-0.4, -0.2) is 129 Å². The van der Waals surface area contributed by atoms with Crippen LogP contribution >= 0.6 is 0 Å². The number of anilines is 4. The molecule has 0 saturated heterocycles. The largest absolute Gasteiger partial charge is 0.487 e. The number of rotatable bonds is 16. The van der Waals surface area contributed by atoms with Crippen molar-refractivity contribution in [3.8, 4) is 34.0 Å². The molecule has 63 heavy (non-hydrogen) atoms. The first-order chi connectivity index (χ1) is 29.7. The lowest BCUT2D eigenvalue weighted by molar-refractivity contribution is 0.0843. The average molecular weight is 883 g/mol. The zero-order valence-electron chi connectivity index (χ0n) is 39.1. The van der Waals surface area contributed by atoms with Crippen molar-refractivity contribution >= 4 is 53.1 Å². The summed E-state index contributed by atoms with van der Waals surface area (Å²) in [4.78, 5) is 26.5. The maximum atomic E-state index is 13.9. The highest BCUT2D eigenvalue weighted by molar-refractivity contribution is 6.74. The van der Waals surface area contributed by atoms with Crippen molar-refractivity contribution in [2.75, 3.05) is 103 Å². The minimum atomic E-state index is -2.12. The molecule has 15 heteroatoms. The molecule has 6 aromatic rings. The summed E-state index contributed by atoms with van der Waals surface area (Å²) in [6, 6.07) is 24.1. The molecule has 2 unspecified atom stereocenters. The van der Waals surface area contributed by atoms with Gasteiger partial charge in [-0.25, -0.2) is 28.7 Å². The third-order valence-electron chi connectivity index (χ3n) is 11.0. The van der Waals surface area contributed by atoms with Crippen molar-refractivity contribution in [2.45, 2.75) is 51.1 Å². The number of ether oxygens (including phenoxy) is 2. The van der Waals surface area contributed by atoms with Crippen LogP contribution in [0, 0.1) is 0 Å². The Hall–Kier alpha value is -5.64. The second kappa shape index (κ2) is 20.7. The van der Waals surface area contributed by atoms with Crippen LogP contribution in [0.1, 0.15) is 20.8 Å². The van der Waals surface area contributed by atoms with Crippen LogP contribution in [0.4, 0.5) is 31.8 Å². The Morgan fingerprint density at radius 3 is 1.43 bits per heavy atom. The van der Waals surface area contributed by atoms with Crippen LogP contribution in [0.2, 0.25) is 18.1 Å². The highest BCUT2D eigenvalue weighted by atomic mass is 28.4. The highest BCUT2D eigenvalue weighted by Gasteiger charge is 2.39. The van der Waals surface area contributed by atoms with Gasteiger partial charge in [-0.2, -0.15) is 0 Å². The van der Waals surface area contributed by atoms with Gasteiger partial charge in [0.15, 0.2) is 31.5 Å². The number of pyridine rings is 4. The molecule has 4 aromatic heterocycles. The summed E-state index contributed by atoms with van der Waals surface area (Å²) in [5.41, 5.74) is 7.22. The van der Waals surface area contributed by atoms with Gasteiger partial charge in [-0.3, -0.25) is 0 Å². The molecule has 12 nitrogen and oxygen atoms in total. The first-order valence-electron chi connectivity index (χ1n) is 21.0. The van der Waals surface area contributed by atoms with E-state index in [4.69, 9.17) is 23.9 Å². The second-order valence-corrected chi connectivity index (χ2v) is 22.7. The first kappa shape index (κ1) is 48.4. The lowest BCUT2D eigenvalue weighted by atomic mass is 10.1. The Morgan fingerprint density at radius 2 is 1.05 bits per heavy atom. The summed E-state index contributed by atoms with van der Waals surface area (Å²) in [6.07, 6.45) is 1.74. The van der Waals surface area contributed by atoms with Gasteiger partial charge in [0.05, 0.1) is 22.4 Å². The van der Waals surface area contributed by atoms with Crippen molar-refractivity contribution in [3.63, 3.8) is 0 Å². The molecule has 0 radical (unpaired) electrons. The van der Waals surface area contributed by atoms with Crippen LogP contribution < -0.4 is 29.1 Å². The number of aromatic nitrogens is 4. The molecule has 0 fully saturated rings. The van der Waals surface area contributed by atoms with E-state index in [0.717, 1.165) is 55.7 Å². The summed E-state index contributed by atoms with van der Waals surface area (Å²) in [7, 11) is 13.4. The highest BCUT2D eigenvalue weighted by Crippen LogP contribution is 2.38. The van der Waals surface area contributed by atoms with Gasteiger partial charge >= 0.3 is 0 Å². The first-order valence-corrected chi connectivity index (χ1v) is 23.9. The predicted molar refractivity (Wildman–Crippen MR) is 258 cm³/mol. The Labute approximate surface area is 372 Å². The summed E-state index contributed by atoms with van der Waals surface area (Å²) < 4.78 is 44.4. The number of halogens is 2. The molecule has 0 aliphatic rings. The third-order valence-corrected chi connectivity index (χ3v) is 15.5. The number of benzene rings is 2. The van der Waals surface area contributed by atoms with Gasteiger partial charge in [0.25, 0.3) is 0 Å². The fourth-order valence-corrected chi connectivity index (χ4v) is 7.58. The van der Waals surface area contributed by atoms with Crippen LogP contribution in [0.5, 0.6) is 11.5 Å². The molecule has 6 rings (SSSR count). The lowest BCUT2D eigenvalue weighted by Crippen LogP contribution is -2.46. The van der Waals surface area contributed by atoms with E-state index < -0.39 is 33.9 Å². The molecule has 0 bridgehead atoms. The standard InChI is InChI=1S/C27H39FN4O2Si.C21H25FN4O2/c1-27(2,3)35(8,9)34-22(16-28)18-33-25-15-20(17-29-26(25)32(6)7)24-12-10-19-14-21(31(4)5)11-13-23(19)30-24;1-25(2)16-6-8-18-14(9-16)5-7-19(24-18)15-10-20(28-13-17(27)11-22)21(23-12-15)26(3)4/h10-15,17,22H,16,18H2,1-9H3;5-10,12,17,27H,11,13H2,1-4H3. The summed E-state index contributed by atoms with van der Waals surface area (Å²) in [5, 5.41) is 11.6. The summed E-state index contributed by atoms with van der Waals surface area (Å²) in [6.45, 7) is 9.20. The van der Waals surface area contributed by atoms with Crippen molar-refractivity contribution in [1.29, 1.82) is 0 Å². The lowest BCUT2D eigenvalue weighted by Gasteiger charge is -2.38. The van der Waals surface area contributed by atoms with Gasteiger partial charge in [0.2, 0.25) is 0 Å².